The quantitative estimate of drug-likeness (QED) is 0.775. The number of hydrogen-bond donors (Lipinski definition) is 0. The fraction of sp³-hybridized carbons (Fsp3) is 0.0667. The van der Waals surface area contributed by atoms with Crippen molar-refractivity contribution in [2.45, 2.75) is 6.61 Å². The first-order chi connectivity index (χ1) is 8.28. The van der Waals surface area contributed by atoms with Crippen LogP contribution < -0.4 is 4.74 Å². The number of terminal acetylenes is 1. The van der Waals surface area contributed by atoms with Crippen LogP contribution in [0.3, 0.4) is 0 Å². The molecule has 0 aliphatic heterocycles. The molecule has 0 heterocycles. The first-order valence-corrected chi connectivity index (χ1v) is 6.01. The second-order valence-electron chi connectivity index (χ2n) is 3.59. The van der Waals surface area contributed by atoms with Gasteiger partial charge in [-0.15, -0.1) is 6.42 Å². The lowest BCUT2D eigenvalue weighted by Crippen LogP contribution is -1.95. The third kappa shape index (κ3) is 3.37. The van der Waals surface area contributed by atoms with Crippen molar-refractivity contribution in [3.63, 3.8) is 0 Å². The van der Waals surface area contributed by atoms with Gasteiger partial charge >= 0.3 is 0 Å². The molecule has 1 nitrogen and oxygen atoms in total. The van der Waals surface area contributed by atoms with E-state index >= 15 is 0 Å². The van der Waals surface area contributed by atoms with Crippen molar-refractivity contribution in [1.82, 2.24) is 0 Å². The minimum absolute atomic E-state index is 0.543. The number of rotatable bonds is 3. The zero-order valence-corrected chi connectivity index (χ0v) is 10.8. The van der Waals surface area contributed by atoms with Crippen molar-refractivity contribution >= 4 is 15.9 Å². The molecule has 17 heavy (non-hydrogen) atoms. The van der Waals surface area contributed by atoms with Gasteiger partial charge in [-0.1, -0.05) is 52.2 Å². The van der Waals surface area contributed by atoms with Gasteiger partial charge in [-0.05, 0) is 23.8 Å². The first kappa shape index (κ1) is 11.8. The summed E-state index contributed by atoms with van der Waals surface area (Å²) in [6, 6.07) is 15.7. The molecule has 84 valence electrons. The summed E-state index contributed by atoms with van der Waals surface area (Å²) in [5.74, 6) is 3.37. The number of halogens is 1. The molecule has 2 aromatic rings. The average molecular weight is 287 g/mol. The molecule has 0 aliphatic carbocycles. The lowest BCUT2D eigenvalue weighted by Gasteiger charge is -2.07. The van der Waals surface area contributed by atoms with Crippen LogP contribution in [0, 0.1) is 12.3 Å². The van der Waals surface area contributed by atoms with Crippen molar-refractivity contribution in [2.24, 2.45) is 0 Å². The Morgan fingerprint density at radius 2 is 1.88 bits per heavy atom. The summed E-state index contributed by atoms with van der Waals surface area (Å²) in [6.45, 7) is 0.543. The fourth-order valence-corrected chi connectivity index (χ4v) is 1.94. The van der Waals surface area contributed by atoms with Gasteiger partial charge in [0.15, 0.2) is 0 Å². The van der Waals surface area contributed by atoms with Gasteiger partial charge in [0.2, 0.25) is 0 Å². The molecule has 2 heteroatoms. The second-order valence-corrected chi connectivity index (χ2v) is 4.51. The van der Waals surface area contributed by atoms with E-state index in [0.29, 0.717) is 6.61 Å². The topological polar surface area (TPSA) is 9.23 Å². The Morgan fingerprint density at radius 3 is 2.59 bits per heavy atom. The summed E-state index contributed by atoms with van der Waals surface area (Å²) in [5, 5.41) is 0. The molecular weight excluding hydrogens is 276 g/mol. The normalized spacial score (nSPS) is 9.65. The van der Waals surface area contributed by atoms with E-state index in [0.717, 1.165) is 21.3 Å². The number of ether oxygens (including phenoxy) is 1. The maximum Gasteiger partial charge on any atom is 0.122 e. The highest BCUT2D eigenvalue weighted by Gasteiger charge is 1.99. The molecule has 0 bridgehead atoms. The highest BCUT2D eigenvalue weighted by atomic mass is 79.9. The molecule has 0 atom stereocenters. The van der Waals surface area contributed by atoms with Crippen molar-refractivity contribution < 1.29 is 4.74 Å². The second kappa shape index (κ2) is 5.56. The Hall–Kier alpha value is -1.72. The average Bonchev–Trinajstić information content (AvgIpc) is 2.37. The van der Waals surface area contributed by atoms with Crippen LogP contribution in [-0.2, 0) is 6.61 Å². The Kier molecular flexibility index (Phi) is 3.85. The van der Waals surface area contributed by atoms with E-state index in [1.165, 1.54) is 0 Å². The minimum Gasteiger partial charge on any atom is -0.489 e. The highest BCUT2D eigenvalue weighted by Crippen LogP contribution is 2.21. The summed E-state index contributed by atoms with van der Waals surface area (Å²) >= 11 is 3.40. The third-order valence-electron chi connectivity index (χ3n) is 2.29. The minimum atomic E-state index is 0.543. The molecule has 2 rings (SSSR count). The lowest BCUT2D eigenvalue weighted by atomic mass is 10.2. The lowest BCUT2D eigenvalue weighted by molar-refractivity contribution is 0.306. The van der Waals surface area contributed by atoms with Crippen LogP contribution in [0.5, 0.6) is 5.75 Å². The van der Waals surface area contributed by atoms with Crippen LogP contribution in [0.25, 0.3) is 0 Å². The fourth-order valence-electron chi connectivity index (χ4n) is 1.47. The van der Waals surface area contributed by atoms with E-state index in [1.807, 2.05) is 48.5 Å². The van der Waals surface area contributed by atoms with E-state index in [1.54, 1.807) is 0 Å². The van der Waals surface area contributed by atoms with Gasteiger partial charge in [-0.2, -0.15) is 0 Å². The molecule has 0 fully saturated rings. The third-order valence-corrected chi connectivity index (χ3v) is 2.74. The maximum atomic E-state index is 5.69. The Balaban J connectivity index is 2.10. The van der Waals surface area contributed by atoms with Crippen molar-refractivity contribution in [3.8, 4) is 18.1 Å². The molecule has 0 unspecified atom stereocenters. The van der Waals surface area contributed by atoms with Gasteiger partial charge in [0.1, 0.15) is 12.4 Å². The van der Waals surface area contributed by atoms with Gasteiger partial charge in [-0.3, -0.25) is 0 Å². The molecule has 0 radical (unpaired) electrons. The molecule has 0 saturated heterocycles. The summed E-state index contributed by atoms with van der Waals surface area (Å²) < 4.78 is 6.62. The van der Waals surface area contributed by atoms with Crippen molar-refractivity contribution in [1.29, 1.82) is 0 Å². The number of benzene rings is 2. The maximum absolute atomic E-state index is 5.69. The summed E-state index contributed by atoms with van der Waals surface area (Å²) in [5.41, 5.74) is 1.94. The van der Waals surface area contributed by atoms with E-state index in [-0.39, 0.29) is 0 Å². The molecule has 0 aromatic heterocycles. The van der Waals surface area contributed by atoms with Crippen LogP contribution in [0.4, 0.5) is 0 Å². The first-order valence-electron chi connectivity index (χ1n) is 5.22. The van der Waals surface area contributed by atoms with E-state index in [4.69, 9.17) is 11.2 Å². The van der Waals surface area contributed by atoms with Gasteiger partial charge in [0.05, 0.1) is 0 Å². The van der Waals surface area contributed by atoms with Crippen LogP contribution >= 0.6 is 15.9 Å². The van der Waals surface area contributed by atoms with Crippen LogP contribution in [0.1, 0.15) is 11.1 Å². The van der Waals surface area contributed by atoms with Crippen molar-refractivity contribution in [2.75, 3.05) is 0 Å². The molecule has 0 aliphatic rings. The van der Waals surface area contributed by atoms with Gasteiger partial charge < -0.3 is 4.74 Å². The largest absolute Gasteiger partial charge is 0.489 e. The van der Waals surface area contributed by atoms with Gasteiger partial charge in [-0.25, -0.2) is 0 Å². The molecule has 0 saturated carbocycles. The molecule has 0 amide bonds. The molecular formula is C15H11BrO. The van der Waals surface area contributed by atoms with Crippen molar-refractivity contribution in [3.05, 3.63) is 64.1 Å². The smallest absolute Gasteiger partial charge is 0.122 e. The predicted octanol–water partition coefficient (Wildman–Crippen LogP) is 4.01. The van der Waals surface area contributed by atoms with Crippen LogP contribution in [-0.4, -0.2) is 0 Å². The Labute approximate surface area is 110 Å². The van der Waals surface area contributed by atoms with Gasteiger partial charge in [0.25, 0.3) is 0 Å². The summed E-state index contributed by atoms with van der Waals surface area (Å²) in [7, 11) is 0. The molecule has 2 aromatic carbocycles. The SMILES string of the molecule is C#Cc1cc(Br)cc(OCc2ccccc2)c1. The number of hydrogen-bond acceptors (Lipinski definition) is 1. The molecule has 0 spiro atoms. The predicted molar refractivity (Wildman–Crippen MR) is 72.9 cm³/mol. The molecule has 0 N–H and O–H groups in total. The van der Waals surface area contributed by atoms with Crippen LogP contribution in [0.15, 0.2) is 53.0 Å². The Bertz CT molecular complexity index is 541. The zero-order valence-electron chi connectivity index (χ0n) is 9.19. The monoisotopic (exact) mass is 286 g/mol. The Morgan fingerprint density at radius 1 is 1.12 bits per heavy atom. The summed E-state index contributed by atoms with van der Waals surface area (Å²) in [6.07, 6.45) is 5.37. The van der Waals surface area contributed by atoms with E-state index in [2.05, 4.69) is 21.9 Å². The zero-order chi connectivity index (χ0) is 12.1. The van der Waals surface area contributed by atoms with E-state index < -0.39 is 0 Å². The van der Waals surface area contributed by atoms with Gasteiger partial charge in [0, 0.05) is 10.0 Å². The summed E-state index contributed by atoms with van der Waals surface area (Å²) in [4.78, 5) is 0. The highest BCUT2D eigenvalue weighted by molar-refractivity contribution is 9.10. The van der Waals surface area contributed by atoms with Crippen LogP contribution in [0.2, 0.25) is 0 Å². The van der Waals surface area contributed by atoms with E-state index in [9.17, 15) is 0 Å². The standard InChI is InChI=1S/C15H11BrO/c1-2-12-8-14(16)10-15(9-12)17-11-13-6-4-3-5-7-13/h1,3-10H,11H2.